The van der Waals surface area contributed by atoms with Crippen LogP contribution in [0.1, 0.15) is 25.5 Å². The smallest absolute Gasteiger partial charge is 0.221 e. The molecule has 4 rings (SSSR count). The topological polar surface area (TPSA) is 85.8 Å². The normalized spacial score (nSPS) is 11.6. The Labute approximate surface area is 132 Å². The van der Waals surface area contributed by atoms with Crippen LogP contribution in [0.4, 0.5) is 5.82 Å². The second-order valence-corrected chi connectivity index (χ2v) is 5.65. The van der Waals surface area contributed by atoms with Crippen molar-refractivity contribution in [2.24, 2.45) is 0 Å². The molecule has 0 aliphatic rings. The second-order valence-electron chi connectivity index (χ2n) is 5.65. The van der Waals surface area contributed by atoms with Gasteiger partial charge in [-0.15, -0.1) is 5.10 Å². The molecule has 1 N–H and O–H groups in total. The van der Waals surface area contributed by atoms with E-state index in [2.05, 4.69) is 61.4 Å². The molecule has 0 saturated carbocycles. The van der Waals surface area contributed by atoms with Gasteiger partial charge in [0.1, 0.15) is 0 Å². The third-order valence-corrected chi connectivity index (χ3v) is 3.77. The molecule has 0 spiro atoms. The fraction of sp³-hybridized carbons (Fsp3) is 0.267. The molecule has 0 saturated heterocycles. The molecule has 3 aromatic heterocycles. The van der Waals surface area contributed by atoms with Crippen molar-refractivity contribution in [3.05, 3.63) is 42.5 Å². The van der Waals surface area contributed by atoms with Crippen molar-refractivity contribution in [3.8, 4) is 0 Å². The van der Waals surface area contributed by atoms with Crippen LogP contribution >= 0.6 is 0 Å². The van der Waals surface area contributed by atoms with Crippen LogP contribution in [0.15, 0.2) is 36.9 Å². The summed E-state index contributed by atoms with van der Waals surface area (Å²) in [6.45, 7) is 4.93. The molecule has 0 radical (unpaired) electrons. The molecule has 23 heavy (non-hydrogen) atoms. The molecule has 0 fully saturated rings. The summed E-state index contributed by atoms with van der Waals surface area (Å²) < 4.78 is 3.76. The summed E-state index contributed by atoms with van der Waals surface area (Å²) in [4.78, 5) is 8.73. The van der Waals surface area contributed by atoms with Gasteiger partial charge in [0.25, 0.3) is 0 Å². The van der Waals surface area contributed by atoms with Crippen LogP contribution in [0.5, 0.6) is 0 Å². The summed E-state index contributed by atoms with van der Waals surface area (Å²) in [5, 5.41) is 14.8. The van der Waals surface area contributed by atoms with E-state index in [1.54, 1.807) is 16.9 Å². The van der Waals surface area contributed by atoms with Crippen LogP contribution in [0.3, 0.4) is 0 Å². The van der Waals surface area contributed by atoms with E-state index in [9.17, 15) is 0 Å². The number of rotatable bonds is 4. The molecule has 8 heteroatoms. The molecule has 8 nitrogen and oxygen atoms in total. The molecular weight excluding hydrogens is 292 g/mol. The summed E-state index contributed by atoms with van der Waals surface area (Å²) in [7, 11) is 0. The van der Waals surface area contributed by atoms with Gasteiger partial charge >= 0.3 is 0 Å². The number of hydrogen-bond acceptors (Lipinski definition) is 6. The van der Waals surface area contributed by atoms with Crippen LogP contribution in [-0.2, 0) is 6.54 Å². The predicted octanol–water partition coefficient (Wildman–Crippen LogP) is 2.06. The van der Waals surface area contributed by atoms with Crippen molar-refractivity contribution in [1.29, 1.82) is 0 Å². The Hall–Kier alpha value is -3.03. The maximum atomic E-state index is 4.43. The third kappa shape index (κ3) is 2.37. The van der Waals surface area contributed by atoms with Gasteiger partial charge in [-0.2, -0.15) is 4.52 Å². The van der Waals surface area contributed by atoms with E-state index in [1.807, 2.05) is 12.4 Å². The molecule has 0 amide bonds. The molecule has 1 aromatic carbocycles. The molecule has 0 unspecified atom stereocenters. The van der Waals surface area contributed by atoms with Crippen molar-refractivity contribution in [2.45, 2.75) is 26.4 Å². The van der Waals surface area contributed by atoms with Gasteiger partial charge in [-0.1, -0.05) is 6.07 Å². The number of tetrazole rings is 1. The molecular formula is C15H16N8. The van der Waals surface area contributed by atoms with E-state index in [-0.39, 0.29) is 0 Å². The van der Waals surface area contributed by atoms with Gasteiger partial charge in [-0.25, -0.2) is 9.97 Å². The van der Waals surface area contributed by atoms with E-state index in [0.29, 0.717) is 24.1 Å². The van der Waals surface area contributed by atoms with Crippen LogP contribution in [0, 0.1) is 0 Å². The van der Waals surface area contributed by atoms with Gasteiger partial charge in [-0.3, -0.25) is 0 Å². The Kier molecular flexibility index (Phi) is 3.14. The lowest BCUT2D eigenvalue weighted by Crippen LogP contribution is -2.04. The van der Waals surface area contributed by atoms with E-state index in [4.69, 9.17) is 0 Å². The summed E-state index contributed by atoms with van der Waals surface area (Å²) in [6, 6.07) is 6.63. The zero-order valence-electron chi connectivity index (χ0n) is 12.9. The van der Waals surface area contributed by atoms with Gasteiger partial charge in [-0.05, 0) is 42.0 Å². The van der Waals surface area contributed by atoms with Crippen molar-refractivity contribution >= 4 is 22.5 Å². The Bertz CT molecular complexity index is 968. The van der Waals surface area contributed by atoms with E-state index in [0.717, 1.165) is 16.6 Å². The van der Waals surface area contributed by atoms with Crippen molar-refractivity contribution in [2.75, 3.05) is 5.32 Å². The van der Waals surface area contributed by atoms with Gasteiger partial charge < -0.3 is 9.88 Å². The first-order valence-corrected chi connectivity index (χ1v) is 7.44. The zero-order valence-corrected chi connectivity index (χ0v) is 12.9. The number of aromatic nitrogens is 7. The Balaban J connectivity index is 1.62. The molecule has 0 aliphatic carbocycles. The number of hydrogen-bond donors (Lipinski definition) is 1. The Morgan fingerprint density at radius 3 is 3.00 bits per heavy atom. The average Bonchev–Trinajstić information content (AvgIpc) is 3.19. The van der Waals surface area contributed by atoms with Crippen molar-refractivity contribution in [3.63, 3.8) is 0 Å². The average molecular weight is 308 g/mol. The molecule has 116 valence electrons. The highest BCUT2D eigenvalue weighted by Gasteiger charge is 2.08. The van der Waals surface area contributed by atoms with Crippen LogP contribution in [-0.4, -0.2) is 34.6 Å². The summed E-state index contributed by atoms with van der Waals surface area (Å²) in [5.74, 6) is 0.662. The molecule has 0 bridgehead atoms. The van der Waals surface area contributed by atoms with E-state index < -0.39 is 0 Å². The van der Waals surface area contributed by atoms with Crippen LogP contribution in [0.2, 0.25) is 0 Å². The first kappa shape index (κ1) is 13.6. The van der Waals surface area contributed by atoms with Gasteiger partial charge in [0.2, 0.25) is 5.65 Å². The monoisotopic (exact) mass is 308 g/mol. The number of imidazole rings is 1. The quantitative estimate of drug-likeness (QED) is 0.621. The number of fused-ring (bicyclic) bond motifs is 2. The number of benzene rings is 1. The highest BCUT2D eigenvalue weighted by Crippen LogP contribution is 2.20. The van der Waals surface area contributed by atoms with E-state index >= 15 is 0 Å². The minimum atomic E-state index is 0.376. The lowest BCUT2D eigenvalue weighted by atomic mass is 10.2. The molecule has 4 aromatic rings. The molecule has 0 atom stereocenters. The lowest BCUT2D eigenvalue weighted by molar-refractivity contribution is 0.617. The highest BCUT2D eigenvalue weighted by molar-refractivity contribution is 5.76. The van der Waals surface area contributed by atoms with Gasteiger partial charge in [0.05, 0.1) is 23.6 Å². The standard InChI is InChI=1S/C15H16N8/c1-10(2)22-9-18-12-4-3-11(7-13(12)22)8-17-14-15-19-20-21-23(15)6-5-16-14/h3-7,9-10H,8H2,1-2H3,(H,16,17). The first-order valence-electron chi connectivity index (χ1n) is 7.44. The largest absolute Gasteiger partial charge is 0.363 e. The van der Waals surface area contributed by atoms with Crippen LogP contribution in [0.25, 0.3) is 16.7 Å². The van der Waals surface area contributed by atoms with Gasteiger partial charge in [0.15, 0.2) is 5.82 Å². The third-order valence-electron chi connectivity index (χ3n) is 3.77. The fourth-order valence-electron chi connectivity index (χ4n) is 2.58. The summed E-state index contributed by atoms with van der Waals surface area (Å²) in [5.41, 5.74) is 3.90. The fourth-order valence-corrected chi connectivity index (χ4v) is 2.58. The highest BCUT2D eigenvalue weighted by atomic mass is 15.5. The second kappa shape index (κ2) is 5.31. The number of nitrogens with zero attached hydrogens (tertiary/aromatic N) is 7. The van der Waals surface area contributed by atoms with Crippen LogP contribution < -0.4 is 5.32 Å². The number of anilines is 1. The van der Waals surface area contributed by atoms with E-state index in [1.165, 1.54) is 0 Å². The minimum absolute atomic E-state index is 0.376. The molecule has 3 heterocycles. The maximum absolute atomic E-state index is 4.43. The number of nitrogens with one attached hydrogen (secondary N) is 1. The summed E-state index contributed by atoms with van der Waals surface area (Å²) in [6.07, 6.45) is 5.27. The first-order chi connectivity index (χ1) is 11.2. The van der Waals surface area contributed by atoms with Crippen molar-refractivity contribution < 1.29 is 0 Å². The van der Waals surface area contributed by atoms with Gasteiger partial charge in [0, 0.05) is 18.8 Å². The zero-order chi connectivity index (χ0) is 15.8. The van der Waals surface area contributed by atoms with Crippen molar-refractivity contribution in [1.82, 2.24) is 34.6 Å². The lowest BCUT2D eigenvalue weighted by Gasteiger charge is -2.10. The Morgan fingerprint density at radius 1 is 1.22 bits per heavy atom. The maximum Gasteiger partial charge on any atom is 0.221 e. The predicted molar refractivity (Wildman–Crippen MR) is 86.0 cm³/mol. The SMILES string of the molecule is CC(C)n1cnc2ccc(CNc3nccn4nnnc34)cc21. The molecule has 0 aliphatic heterocycles. The summed E-state index contributed by atoms with van der Waals surface area (Å²) >= 11 is 0. The minimum Gasteiger partial charge on any atom is -0.363 e. The Morgan fingerprint density at radius 2 is 2.13 bits per heavy atom.